The van der Waals surface area contributed by atoms with Gasteiger partial charge in [-0.05, 0) is 56.2 Å². The second-order valence-corrected chi connectivity index (χ2v) is 6.37. The molecule has 0 saturated heterocycles. The first-order valence-electron chi connectivity index (χ1n) is 7.95. The van der Waals surface area contributed by atoms with Crippen LogP contribution in [0.2, 0.25) is 0 Å². The first kappa shape index (κ1) is 14.6. The third-order valence-electron chi connectivity index (χ3n) is 4.81. The molecule has 0 aromatic carbocycles. The van der Waals surface area contributed by atoms with Crippen molar-refractivity contribution in [2.75, 3.05) is 13.6 Å². The van der Waals surface area contributed by atoms with Crippen LogP contribution in [-0.2, 0) is 6.42 Å². The zero-order chi connectivity index (χ0) is 13.6. The van der Waals surface area contributed by atoms with Crippen molar-refractivity contribution in [3.63, 3.8) is 0 Å². The van der Waals surface area contributed by atoms with E-state index in [-0.39, 0.29) is 0 Å². The molecule has 1 heterocycles. The highest BCUT2D eigenvalue weighted by Crippen LogP contribution is 2.42. The fourth-order valence-electron chi connectivity index (χ4n) is 3.65. The minimum Gasteiger partial charge on any atom is -0.469 e. The van der Waals surface area contributed by atoms with Crippen molar-refractivity contribution in [2.24, 2.45) is 11.3 Å². The molecule has 0 radical (unpaired) electrons. The molecule has 2 nitrogen and oxygen atoms in total. The van der Waals surface area contributed by atoms with Crippen molar-refractivity contribution in [1.29, 1.82) is 0 Å². The maximum absolute atomic E-state index is 5.57. The molecular weight excluding hydrogens is 234 g/mol. The lowest BCUT2D eigenvalue weighted by molar-refractivity contribution is 0.134. The zero-order valence-corrected chi connectivity index (χ0v) is 12.6. The summed E-state index contributed by atoms with van der Waals surface area (Å²) in [7, 11) is 2.08. The van der Waals surface area contributed by atoms with Crippen LogP contribution in [0, 0.1) is 11.3 Å². The van der Waals surface area contributed by atoms with E-state index in [4.69, 9.17) is 4.42 Å². The summed E-state index contributed by atoms with van der Waals surface area (Å²) in [6.07, 6.45) is 12.6. The number of rotatable bonds is 7. The fourth-order valence-corrected chi connectivity index (χ4v) is 3.65. The van der Waals surface area contributed by atoms with Crippen LogP contribution >= 0.6 is 0 Å². The van der Waals surface area contributed by atoms with E-state index < -0.39 is 0 Å². The summed E-state index contributed by atoms with van der Waals surface area (Å²) >= 11 is 0. The van der Waals surface area contributed by atoms with Crippen LogP contribution in [0.4, 0.5) is 0 Å². The summed E-state index contributed by atoms with van der Waals surface area (Å²) in [5, 5.41) is 3.41. The van der Waals surface area contributed by atoms with Crippen LogP contribution in [0.3, 0.4) is 0 Å². The molecule has 1 aromatic rings. The van der Waals surface area contributed by atoms with Gasteiger partial charge >= 0.3 is 0 Å². The summed E-state index contributed by atoms with van der Waals surface area (Å²) in [6, 6.07) is 4.13. The molecule has 19 heavy (non-hydrogen) atoms. The van der Waals surface area contributed by atoms with Gasteiger partial charge < -0.3 is 9.73 Å². The Balaban J connectivity index is 1.91. The van der Waals surface area contributed by atoms with Crippen LogP contribution in [0.15, 0.2) is 22.8 Å². The zero-order valence-electron chi connectivity index (χ0n) is 12.6. The Morgan fingerprint density at radius 3 is 2.74 bits per heavy atom. The highest BCUT2D eigenvalue weighted by molar-refractivity contribution is 5.04. The minimum absolute atomic E-state index is 0.426. The molecule has 2 rings (SSSR count). The Morgan fingerprint density at radius 1 is 1.37 bits per heavy atom. The van der Waals surface area contributed by atoms with Gasteiger partial charge in [0, 0.05) is 13.0 Å². The van der Waals surface area contributed by atoms with Gasteiger partial charge in [-0.2, -0.15) is 0 Å². The Bertz CT molecular complexity index is 336. The molecular formula is C17H29NO. The van der Waals surface area contributed by atoms with E-state index in [1.807, 2.05) is 6.07 Å². The topological polar surface area (TPSA) is 25.2 Å². The average Bonchev–Trinajstić information content (AvgIpc) is 2.91. The predicted molar refractivity (Wildman–Crippen MR) is 80.3 cm³/mol. The average molecular weight is 263 g/mol. The largest absolute Gasteiger partial charge is 0.469 e. The molecule has 1 N–H and O–H groups in total. The summed E-state index contributed by atoms with van der Waals surface area (Å²) in [5.41, 5.74) is 0.426. The summed E-state index contributed by atoms with van der Waals surface area (Å²) in [4.78, 5) is 0. The van der Waals surface area contributed by atoms with Crippen molar-refractivity contribution in [1.82, 2.24) is 5.32 Å². The Labute approximate surface area is 118 Å². The lowest BCUT2D eigenvalue weighted by Crippen LogP contribution is -2.38. The van der Waals surface area contributed by atoms with Gasteiger partial charge in [0.25, 0.3) is 0 Å². The Hall–Kier alpha value is -0.760. The third kappa shape index (κ3) is 4.10. The van der Waals surface area contributed by atoms with Crippen LogP contribution < -0.4 is 5.32 Å². The number of nitrogens with one attached hydrogen (secondary N) is 1. The van der Waals surface area contributed by atoms with E-state index in [1.54, 1.807) is 6.26 Å². The molecule has 1 saturated carbocycles. The van der Waals surface area contributed by atoms with Crippen molar-refractivity contribution in [3.05, 3.63) is 24.2 Å². The molecule has 0 bridgehead atoms. The van der Waals surface area contributed by atoms with Gasteiger partial charge in [-0.25, -0.2) is 0 Å². The molecule has 0 spiro atoms. The molecule has 0 amide bonds. The highest BCUT2D eigenvalue weighted by atomic mass is 16.3. The van der Waals surface area contributed by atoms with Gasteiger partial charge in [0.15, 0.2) is 0 Å². The molecule has 0 unspecified atom stereocenters. The number of furan rings is 1. The second-order valence-electron chi connectivity index (χ2n) is 6.37. The Morgan fingerprint density at radius 2 is 2.16 bits per heavy atom. The van der Waals surface area contributed by atoms with Gasteiger partial charge in [-0.1, -0.05) is 26.2 Å². The van der Waals surface area contributed by atoms with Crippen LogP contribution in [0.5, 0.6) is 0 Å². The van der Waals surface area contributed by atoms with Gasteiger partial charge in [-0.3, -0.25) is 0 Å². The molecule has 1 aliphatic carbocycles. The van der Waals surface area contributed by atoms with Crippen molar-refractivity contribution in [3.8, 4) is 0 Å². The molecule has 1 aromatic heterocycles. The van der Waals surface area contributed by atoms with Gasteiger partial charge in [0.05, 0.1) is 6.26 Å². The van der Waals surface area contributed by atoms with Crippen LogP contribution in [0.25, 0.3) is 0 Å². The van der Waals surface area contributed by atoms with Crippen LogP contribution in [0.1, 0.15) is 57.6 Å². The van der Waals surface area contributed by atoms with E-state index in [9.17, 15) is 0 Å². The maximum Gasteiger partial charge on any atom is 0.104 e. The first-order chi connectivity index (χ1) is 9.28. The van der Waals surface area contributed by atoms with Gasteiger partial charge in [0.2, 0.25) is 0 Å². The third-order valence-corrected chi connectivity index (χ3v) is 4.81. The van der Waals surface area contributed by atoms with Gasteiger partial charge in [0.1, 0.15) is 5.76 Å². The highest BCUT2D eigenvalue weighted by Gasteiger charge is 2.35. The van der Waals surface area contributed by atoms with Crippen molar-refractivity contribution in [2.45, 2.75) is 58.3 Å². The standard InChI is InChI=1S/C17H29NO/c1-3-4-6-15-8-10-17(11-9-15,14-18-2)13-16-7-5-12-19-16/h5,7,12,15,18H,3-4,6,8-11,13-14H2,1-2H3. The number of hydrogen-bond donors (Lipinski definition) is 1. The molecule has 108 valence electrons. The summed E-state index contributed by atoms with van der Waals surface area (Å²) in [5.74, 6) is 2.13. The van der Waals surface area contributed by atoms with Gasteiger partial charge in [-0.15, -0.1) is 0 Å². The molecule has 1 fully saturated rings. The lowest BCUT2D eigenvalue weighted by atomic mass is 9.67. The van der Waals surface area contributed by atoms with Crippen molar-refractivity contribution >= 4 is 0 Å². The maximum atomic E-state index is 5.57. The number of unbranched alkanes of at least 4 members (excludes halogenated alkanes) is 1. The normalized spacial score (nSPS) is 27.6. The Kier molecular flexibility index (Phi) is 5.50. The smallest absolute Gasteiger partial charge is 0.104 e. The first-order valence-corrected chi connectivity index (χ1v) is 7.95. The molecule has 1 aliphatic rings. The summed E-state index contributed by atoms with van der Waals surface area (Å²) in [6.45, 7) is 3.42. The second kappa shape index (κ2) is 7.14. The lowest BCUT2D eigenvalue weighted by Gasteiger charge is -2.40. The number of hydrogen-bond acceptors (Lipinski definition) is 2. The fraction of sp³-hybridized carbons (Fsp3) is 0.765. The van der Waals surface area contributed by atoms with E-state index in [0.717, 1.165) is 24.6 Å². The molecule has 2 heteroatoms. The minimum atomic E-state index is 0.426. The molecule has 0 aliphatic heterocycles. The quantitative estimate of drug-likeness (QED) is 0.788. The van der Waals surface area contributed by atoms with E-state index >= 15 is 0 Å². The SMILES string of the molecule is CCCCC1CCC(CNC)(Cc2ccco2)CC1. The van der Waals surface area contributed by atoms with E-state index in [2.05, 4.69) is 25.4 Å². The van der Waals surface area contributed by atoms with E-state index in [0.29, 0.717) is 5.41 Å². The predicted octanol–water partition coefficient (Wildman–Crippen LogP) is 4.41. The van der Waals surface area contributed by atoms with E-state index in [1.165, 1.54) is 44.9 Å². The van der Waals surface area contributed by atoms with Crippen LogP contribution in [-0.4, -0.2) is 13.6 Å². The summed E-state index contributed by atoms with van der Waals surface area (Å²) < 4.78 is 5.57. The monoisotopic (exact) mass is 263 g/mol. The van der Waals surface area contributed by atoms with Crippen molar-refractivity contribution < 1.29 is 4.42 Å². The molecule has 0 atom stereocenters.